The molecular formula is C20H30O3. The molecule has 0 saturated carbocycles. The average molecular weight is 318 g/mol. The zero-order chi connectivity index (χ0) is 17.0. The van der Waals surface area contributed by atoms with E-state index in [0.29, 0.717) is 6.42 Å². The molecule has 0 radical (unpaired) electrons. The van der Waals surface area contributed by atoms with Gasteiger partial charge in [-0.3, -0.25) is 0 Å². The third-order valence-electron chi connectivity index (χ3n) is 3.14. The van der Waals surface area contributed by atoms with E-state index in [0.717, 1.165) is 6.42 Å². The third-order valence-corrected chi connectivity index (χ3v) is 3.14. The summed E-state index contributed by atoms with van der Waals surface area (Å²) in [6.45, 7) is 2.24. The molecule has 0 aromatic rings. The van der Waals surface area contributed by atoms with E-state index in [9.17, 15) is 4.79 Å². The monoisotopic (exact) mass is 318 g/mol. The number of carbonyl (C=O) groups is 1. The Bertz CT molecular complexity index is 415. The van der Waals surface area contributed by atoms with Crippen LogP contribution in [0, 0.1) is 0 Å². The number of hydrogen-bond acceptors (Lipinski definition) is 3. The molecule has 0 aliphatic carbocycles. The molecule has 0 aliphatic heterocycles. The van der Waals surface area contributed by atoms with Gasteiger partial charge in [-0.25, -0.2) is 4.79 Å². The van der Waals surface area contributed by atoms with E-state index >= 15 is 0 Å². The van der Waals surface area contributed by atoms with Crippen LogP contribution in [0.1, 0.15) is 58.3 Å². The molecule has 1 N–H and O–H groups in total. The predicted octanol–water partition coefficient (Wildman–Crippen LogP) is 5.92. The normalized spacial score (nSPS) is 12.6. The zero-order valence-corrected chi connectivity index (χ0v) is 14.2. The summed E-state index contributed by atoms with van der Waals surface area (Å²) in [5, 5.41) is 8.06. The topological polar surface area (TPSA) is 46.5 Å². The molecule has 0 rings (SSSR count). The Hall–Kier alpha value is -1.87. The van der Waals surface area contributed by atoms with Crippen LogP contribution < -0.4 is 0 Å². The van der Waals surface area contributed by atoms with Crippen LogP contribution in [0.4, 0.5) is 0 Å². The second-order valence-corrected chi connectivity index (χ2v) is 5.22. The van der Waals surface area contributed by atoms with Crippen LogP contribution in [0.2, 0.25) is 0 Å². The van der Waals surface area contributed by atoms with E-state index in [1.807, 2.05) is 48.6 Å². The molecule has 0 bridgehead atoms. The summed E-state index contributed by atoms with van der Waals surface area (Å²) in [5.74, 6) is -0.613. The van der Waals surface area contributed by atoms with Gasteiger partial charge in [0.05, 0.1) is 6.42 Å². The van der Waals surface area contributed by atoms with Crippen LogP contribution in [0.3, 0.4) is 0 Å². The van der Waals surface area contributed by atoms with Gasteiger partial charge in [-0.05, 0) is 19.3 Å². The van der Waals surface area contributed by atoms with Gasteiger partial charge < -0.3 is 4.89 Å². The summed E-state index contributed by atoms with van der Waals surface area (Å²) in [7, 11) is 0. The average Bonchev–Trinajstić information content (AvgIpc) is 2.57. The molecule has 23 heavy (non-hydrogen) atoms. The van der Waals surface area contributed by atoms with Gasteiger partial charge in [-0.2, -0.15) is 5.26 Å². The molecule has 128 valence electrons. The lowest BCUT2D eigenvalue weighted by Crippen LogP contribution is -1.98. The molecule has 3 nitrogen and oxygen atoms in total. The van der Waals surface area contributed by atoms with E-state index in [4.69, 9.17) is 5.26 Å². The molecule has 0 spiro atoms. The Kier molecular flexibility index (Phi) is 16.7. The van der Waals surface area contributed by atoms with Gasteiger partial charge in [0.2, 0.25) is 0 Å². The first-order valence-corrected chi connectivity index (χ1v) is 8.47. The minimum absolute atomic E-state index is 0.185. The van der Waals surface area contributed by atoms with Crippen molar-refractivity contribution in [1.82, 2.24) is 0 Å². The Morgan fingerprint density at radius 2 is 1.30 bits per heavy atom. The number of hydrogen-bond donors (Lipinski definition) is 1. The maximum atomic E-state index is 10.6. The van der Waals surface area contributed by atoms with Gasteiger partial charge in [0.25, 0.3) is 0 Å². The summed E-state index contributed by atoms with van der Waals surface area (Å²) in [6.07, 6.45) is 28.3. The Labute approximate surface area is 140 Å². The summed E-state index contributed by atoms with van der Waals surface area (Å²) in [6, 6.07) is 0. The first-order valence-electron chi connectivity index (χ1n) is 8.47. The van der Waals surface area contributed by atoms with Gasteiger partial charge >= 0.3 is 5.97 Å². The number of rotatable bonds is 13. The summed E-state index contributed by atoms with van der Waals surface area (Å²) < 4.78 is 0. The highest BCUT2D eigenvalue weighted by molar-refractivity contribution is 5.68. The van der Waals surface area contributed by atoms with E-state index < -0.39 is 5.97 Å². The Morgan fingerprint density at radius 3 is 1.87 bits per heavy atom. The predicted molar refractivity (Wildman–Crippen MR) is 97.0 cm³/mol. The summed E-state index contributed by atoms with van der Waals surface area (Å²) >= 11 is 0. The van der Waals surface area contributed by atoms with Crippen LogP contribution in [0.25, 0.3) is 0 Å². The van der Waals surface area contributed by atoms with Crippen molar-refractivity contribution in [3.8, 4) is 0 Å². The molecule has 0 saturated heterocycles. The molecule has 0 unspecified atom stereocenters. The van der Waals surface area contributed by atoms with Gasteiger partial charge in [-0.15, -0.1) is 0 Å². The van der Waals surface area contributed by atoms with Gasteiger partial charge in [-0.1, -0.05) is 93.4 Å². The van der Waals surface area contributed by atoms with Gasteiger partial charge in [0, 0.05) is 0 Å². The van der Waals surface area contributed by atoms with Crippen molar-refractivity contribution in [2.75, 3.05) is 0 Å². The summed E-state index contributed by atoms with van der Waals surface area (Å²) in [5.41, 5.74) is 0. The van der Waals surface area contributed by atoms with E-state index in [2.05, 4.69) is 24.0 Å². The molecule has 0 atom stereocenters. The van der Waals surface area contributed by atoms with Crippen molar-refractivity contribution in [2.24, 2.45) is 0 Å². The van der Waals surface area contributed by atoms with E-state index in [1.165, 1.54) is 32.1 Å². The highest BCUT2D eigenvalue weighted by atomic mass is 17.1. The highest BCUT2D eigenvalue weighted by Crippen LogP contribution is 2.05. The molecule has 0 fully saturated rings. The van der Waals surface area contributed by atoms with Crippen molar-refractivity contribution in [2.45, 2.75) is 58.3 Å². The lowest BCUT2D eigenvalue weighted by molar-refractivity contribution is -0.234. The molecule has 0 amide bonds. The molecule has 0 heterocycles. The molecule has 0 aromatic carbocycles. The number of allylic oxidation sites excluding steroid dienone is 10. The first kappa shape index (κ1) is 21.1. The van der Waals surface area contributed by atoms with Crippen LogP contribution in [-0.2, 0) is 9.68 Å². The minimum Gasteiger partial charge on any atom is -0.301 e. The fourth-order valence-corrected chi connectivity index (χ4v) is 1.85. The lowest BCUT2D eigenvalue weighted by atomic mass is 10.1. The zero-order valence-electron chi connectivity index (χ0n) is 14.2. The third kappa shape index (κ3) is 18.1. The molecule has 0 aliphatic rings. The van der Waals surface area contributed by atoms with Crippen molar-refractivity contribution in [3.63, 3.8) is 0 Å². The van der Waals surface area contributed by atoms with Crippen LogP contribution in [0.15, 0.2) is 60.8 Å². The fourth-order valence-electron chi connectivity index (χ4n) is 1.85. The summed E-state index contributed by atoms with van der Waals surface area (Å²) in [4.78, 5) is 14.2. The van der Waals surface area contributed by atoms with E-state index in [1.54, 1.807) is 0 Å². The van der Waals surface area contributed by atoms with Crippen molar-refractivity contribution in [3.05, 3.63) is 60.8 Å². The number of unbranched alkanes of at least 4 members (excludes halogenated alkanes) is 5. The van der Waals surface area contributed by atoms with Crippen molar-refractivity contribution in [1.29, 1.82) is 0 Å². The maximum Gasteiger partial charge on any atom is 0.342 e. The molecule has 3 heteroatoms. The van der Waals surface area contributed by atoms with Crippen LogP contribution in [0.5, 0.6) is 0 Å². The van der Waals surface area contributed by atoms with Crippen LogP contribution >= 0.6 is 0 Å². The van der Waals surface area contributed by atoms with Crippen molar-refractivity contribution < 1.29 is 14.9 Å². The fraction of sp³-hybridized carbons (Fsp3) is 0.450. The van der Waals surface area contributed by atoms with E-state index in [-0.39, 0.29) is 6.42 Å². The maximum absolute atomic E-state index is 10.6. The largest absolute Gasteiger partial charge is 0.342 e. The Balaban J connectivity index is 3.58. The quantitative estimate of drug-likeness (QED) is 0.198. The standard InChI is InChI=1S/C20H30O3/c1-2-3-4-5-6-7-8-9-10-11-12-13-14-15-16-17-18-19-20(21)23-22/h8-17,22H,2-7,18-19H2,1H3/b9-8+,11-10+,13-12+,15-14+,17-16+. The number of carbonyl (C=O) groups excluding carboxylic acids is 1. The highest BCUT2D eigenvalue weighted by Gasteiger charge is 1.97. The molecule has 0 aromatic heterocycles. The van der Waals surface area contributed by atoms with Gasteiger partial charge in [0.1, 0.15) is 0 Å². The molecular weight excluding hydrogens is 288 g/mol. The van der Waals surface area contributed by atoms with Gasteiger partial charge in [0.15, 0.2) is 0 Å². The lowest BCUT2D eigenvalue weighted by Gasteiger charge is -1.95. The Morgan fingerprint density at radius 1 is 0.783 bits per heavy atom. The SMILES string of the molecule is CCCCCCC/C=C/C=C/C=C/C=C/C=C/CCC(=O)OO. The van der Waals surface area contributed by atoms with Crippen molar-refractivity contribution >= 4 is 5.97 Å². The first-order chi connectivity index (χ1) is 11.3. The minimum atomic E-state index is -0.613. The second kappa shape index (κ2) is 18.2. The second-order valence-electron chi connectivity index (χ2n) is 5.22. The van der Waals surface area contributed by atoms with Crippen LogP contribution in [-0.4, -0.2) is 11.2 Å². The smallest absolute Gasteiger partial charge is 0.301 e.